The molecule has 0 aliphatic carbocycles. The van der Waals surface area contributed by atoms with Gasteiger partial charge in [-0.2, -0.15) is 5.10 Å². The van der Waals surface area contributed by atoms with E-state index in [-0.39, 0.29) is 0 Å². The van der Waals surface area contributed by atoms with Crippen LogP contribution in [0.2, 0.25) is 0 Å². The molecule has 0 saturated carbocycles. The molecule has 4 heteroatoms. The summed E-state index contributed by atoms with van der Waals surface area (Å²) in [5.41, 5.74) is 2.12. The quantitative estimate of drug-likeness (QED) is 0.816. The van der Waals surface area contributed by atoms with Gasteiger partial charge in [0.05, 0.1) is 11.7 Å². The molecule has 3 heterocycles. The first kappa shape index (κ1) is 10.3. The summed E-state index contributed by atoms with van der Waals surface area (Å²) >= 11 is 0. The number of hydrogen-bond acceptors (Lipinski definition) is 3. The summed E-state index contributed by atoms with van der Waals surface area (Å²) in [6.45, 7) is 4.42. The van der Waals surface area contributed by atoms with Gasteiger partial charge in [0, 0.05) is 30.1 Å². The lowest BCUT2D eigenvalue weighted by molar-refractivity contribution is 0.415. The van der Waals surface area contributed by atoms with E-state index < -0.39 is 0 Å². The number of fused-ring (bicyclic) bond motifs is 1. The van der Waals surface area contributed by atoms with E-state index >= 15 is 0 Å². The monoisotopic (exact) mass is 228 g/mol. The lowest BCUT2D eigenvalue weighted by Gasteiger charge is -2.27. The number of pyridine rings is 1. The molecule has 0 aromatic carbocycles. The number of anilines is 1. The van der Waals surface area contributed by atoms with Crippen LogP contribution < -0.4 is 5.32 Å². The highest BCUT2D eigenvalue weighted by atomic mass is 15.4. The summed E-state index contributed by atoms with van der Waals surface area (Å²) in [7, 11) is 0. The zero-order chi connectivity index (χ0) is 11.8. The van der Waals surface area contributed by atoms with Gasteiger partial charge in [0.25, 0.3) is 0 Å². The molecule has 88 valence electrons. The minimum absolute atomic E-state index is 0.455. The third kappa shape index (κ3) is 1.79. The van der Waals surface area contributed by atoms with Gasteiger partial charge in [0.15, 0.2) is 0 Å². The normalized spacial score (nSPS) is 22.9. The van der Waals surface area contributed by atoms with Gasteiger partial charge in [-0.3, -0.25) is 4.98 Å². The molecule has 3 rings (SSSR count). The fourth-order valence-corrected chi connectivity index (χ4v) is 2.42. The van der Waals surface area contributed by atoms with E-state index in [4.69, 9.17) is 0 Å². The van der Waals surface area contributed by atoms with Crippen LogP contribution in [0.25, 0.3) is 11.3 Å². The number of aromatic nitrogens is 3. The summed E-state index contributed by atoms with van der Waals surface area (Å²) in [4.78, 5) is 4.03. The first-order chi connectivity index (χ1) is 8.24. The van der Waals surface area contributed by atoms with Crippen molar-refractivity contribution >= 4 is 5.82 Å². The Morgan fingerprint density at radius 1 is 1.29 bits per heavy atom. The van der Waals surface area contributed by atoms with E-state index in [2.05, 4.69) is 40.0 Å². The van der Waals surface area contributed by atoms with Crippen LogP contribution in [0.15, 0.2) is 30.6 Å². The third-order valence-corrected chi connectivity index (χ3v) is 3.22. The topological polar surface area (TPSA) is 42.7 Å². The predicted octanol–water partition coefficient (Wildman–Crippen LogP) is 2.71. The largest absolute Gasteiger partial charge is 0.368 e. The Morgan fingerprint density at radius 2 is 2.06 bits per heavy atom. The van der Waals surface area contributed by atoms with Gasteiger partial charge >= 0.3 is 0 Å². The summed E-state index contributed by atoms with van der Waals surface area (Å²) in [6, 6.07) is 7.06. The lowest BCUT2D eigenvalue weighted by Crippen LogP contribution is -2.28. The molecule has 0 amide bonds. The zero-order valence-electron chi connectivity index (χ0n) is 10.1. The fraction of sp³-hybridized carbons (Fsp3) is 0.385. The van der Waals surface area contributed by atoms with Gasteiger partial charge in [-0.15, -0.1) is 0 Å². The number of hydrogen-bond donors (Lipinski definition) is 1. The highest BCUT2D eigenvalue weighted by Gasteiger charge is 2.22. The summed E-state index contributed by atoms with van der Waals surface area (Å²) < 4.78 is 2.08. The minimum Gasteiger partial charge on any atom is -0.368 e. The van der Waals surface area contributed by atoms with Crippen LogP contribution in [-0.2, 0) is 0 Å². The van der Waals surface area contributed by atoms with E-state index in [0.717, 1.165) is 23.5 Å². The van der Waals surface area contributed by atoms with Crippen LogP contribution in [0, 0.1) is 0 Å². The molecule has 2 aromatic heterocycles. The van der Waals surface area contributed by atoms with Crippen molar-refractivity contribution in [2.75, 3.05) is 5.32 Å². The van der Waals surface area contributed by atoms with Gasteiger partial charge in [-0.05, 0) is 32.4 Å². The molecule has 4 nitrogen and oxygen atoms in total. The summed E-state index contributed by atoms with van der Waals surface area (Å²) in [6.07, 6.45) is 4.71. The average molecular weight is 228 g/mol. The maximum Gasteiger partial charge on any atom is 0.125 e. The average Bonchev–Trinajstić information content (AvgIpc) is 2.74. The highest BCUT2D eigenvalue weighted by molar-refractivity contribution is 5.63. The van der Waals surface area contributed by atoms with E-state index in [9.17, 15) is 0 Å². The summed E-state index contributed by atoms with van der Waals surface area (Å²) in [5, 5.41) is 8.13. The predicted molar refractivity (Wildman–Crippen MR) is 67.9 cm³/mol. The molecule has 0 spiro atoms. The van der Waals surface area contributed by atoms with Crippen molar-refractivity contribution in [3.8, 4) is 11.3 Å². The van der Waals surface area contributed by atoms with Crippen molar-refractivity contribution < 1.29 is 0 Å². The lowest BCUT2D eigenvalue weighted by atomic mass is 10.1. The zero-order valence-corrected chi connectivity index (χ0v) is 10.1. The van der Waals surface area contributed by atoms with E-state index in [1.54, 1.807) is 12.4 Å². The first-order valence-corrected chi connectivity index (χ1v) is 6.00. The molecule has 1 aliphatic rings. The SMILES string of the molecule is CC1CC(C)n2nc(-c3ccncc3)cc2N1. The molecule has 0 radical (unpaired) electrons. The summed E-state index contributed by atoms with van der Waals surface area (Å²) in [5.74, 6) is 1.11. The van der Waals surface area contributed by atoms with Crippen molar-refractivity contribution in [2.45, 2.75) is 32.4 Å². The second kappa shape index (κ2) is 3.87. The number of rotatable bonds is 1. The van der Waals surface area contributed by atoms with E-state index in [1.807, 2.05) is 12.1 Å². The standard InChI is InChI=1S/C13H16N4/c1-9-7-10(2)17-13(15-9)8-12(16-17)11-3-5-14-6-4-11/h3-6,8-10,15H,7H2,1-2H3. The van der Waals surface area contributed by atoms with Crippen molar-refractivity contribution in [1.29, 1.82) is 0 Å². The molecule has 0 fully saturated rings. The third-order valence-electron chi connectivity index (χ3n) is 3.22. The molecule has 0 saturated heterocycles. The van der Waals surface area contributed by atoms with Crippen molar-refractivity contribution in [3.05, 3.63) is 30.6 Å². The molecular formula is C13H16N4. The first-order valence-electron chi connectivity index (χ1n) is 6.00. The molecule has 0 bridgehead atoms. The van der Waals surface area contributed by atoms with E-state index in [1.165, 1.54) is 0 Å². The molecular weight excluding hydrogens is 212 g/mol. The van der Waals surface area contributed by atoms with Crippen LogP contribution in [-0.4, -0.2) is 20.8 Å². The van der Waals surface area contributed by atoms with Gasteiger partial charge in [-0.25, -0.2) is 4.68 Å². The van der Waals surface area contributed by atoms with Gasteiger partial charge in [0.1, 0.15) is 5.82 Å². The van der Waals surface area contributed by atoms with Gasteiger partial charge in [-0.1, -0.05) is 0 Å². The number of nitrogens with zero attached hydrogens (tertiary/aromatic N) is 3. The Hall–Kier alpha value is -1.84. The Balaban J connectivity index is 2.03. The van der Waals surface area contributed by atoms with Crippen LogP contribution in [0.3, 0.4) is 0 Å². The Labute approximate surface area is 101 Å². The van der Waals surface area contributed by atoms with Crippen molar-refractivity contribution in [3.63, 3.8) is 0 Å². The molecule has 2 unspecified atom stereocenters. The number of nitrogens with one attached hydrogen (secondary N) is 1. The van der Waals surface area contributed by atoms with Crippen LogP contribution in [0.5, 0.6) is 0 Å². The Bertz CT molecular complexity index is 517. The molecule has 2 aromatic rings. The van der Waals surface area contributed by atoms with E-state index in [0.29, 0.717) is 12.1 Å². The second-order valence-electron chi connectivity index (χ2n) is 4.73. The smallest absolute Gasteiger partial charge is 0.125 e. The molecule has 2 atom stereocenters. The Kier molecular flexibility index (Phi) is 2.35. The molecule has 1 aliphatic heterocycles. The minimum atomic E-state index is 0.455. The van der Waals surface area contributed by atoms with Crippen LogP contribution in [0.1, 0.15) is 26.3 Å². The Morgan fingerprint density at radius 3 is 2.82 bits per heavy atom. The van der Waals surface area contributed by atoms with Gasteiger partial charge < -0.3 is 5.32 Å². The molecule has 17 heavy (non-hydrogen) atoms. The van der Waals surface area contributed by atoms with Crippen LogP contribution >= 0.6 is 0 Å². The second-order valence-corrected chi connectivity index (χ2v) is 4.73. The van der Waals surface area contributed by atoms with Gasteiger partial charge in [0.2, 0.25) is 0 Å². The maximum absolute atomic E-state index is 4.66. The maximum atomic E-state index is 4.66. The van der Waals surface area contributed by atoms with Crippen LogP contribution in [0.4, 0.5) is 5.82 Å². The van der Waals surface area contributed by atoms with Crippen molar-refractivity contribution in [1.82, 2.24) is 14.8 Å². The fourth-order valence-electron chi connectivity index (χ4n) is 2.42. The van der Waals surface area contributed by atoms with Crippen molar-refractivity contribution in [2.24, 2.45) is 0 Å². The highest BCUT2D eigenvalue weighted by Crippen LogP contribution is 2.30. The molecule has 1 N–H and O–H groups in total.